The van der Waals surface area contributed by atoms with E-state index in [0.29, 0.717) is 28.9 Å². The van der Waals surface area contributed by atoms with Gasteiger partial charge in [0.15, 0.2) is 5.69 Å². The summed E-state index contributed by atoms with van der Waals surface area (Å²) < 4.78 is 0.926. The summed E-state index contributed by atoms with van der Waals surface area (Å²) in [5, 5.41) is 19.8. The van der Waals surface area contributed by atoms with E-state index in [0.717, 1.165) is 11.1 Å². The molecule has 0 aliphatic heterocycles. The van der Waals surface area contributed by atoms with Crippen molar-refractivity contribution in [3.05, 3.63) is 76.0 Å². The van der Waals surface area contributed by atoms with E-state index >= 15 is 0 Å². The smallest absolute Gasteiger partial charge is 0.290 e. The third-order valence-electron chi connectivity index (χ3n) is 3.81. The van der Waals surface area contributed by atoms with Crippen LogP contribution in [0.25, 0.3) is 0 Å². The van der Waals surface area contributed by atoms with Crippen LogP contribution in [0.2, 0.25) is 0 Å². The number of benzene rings is 1. The van der Waals surface area contributed by atoms with Gasteiger partial charge < -0.3 is 0 Å². The summed E-state index contributed by atoms with van der Waals surface area (Å²) in [4.78, 5) is 29.2. The summed E-state index contributed by atoms with van der Waals surface area (Å²) in [6.07, 6.45) is 4.26. The van der Waals surface area contributed by atoms with Crippen molar-refractivity contribution in [2.45, 2.75) is 19.8 Å². The molecule has 134 valence electrons. The van der Waals surface area contributed by atoms with Gasteiger partial charge in [-0.3, -0.25) is 19.7 Å². The first kappa shape index (κ1) is 17.9. The van der Waals surface area contributed by atoms with Gasteiger partial charge in [-0.2, -0.15) is 15.1 Å². The second-order valence-corrected chi connectivity index (χ2v) is 5.74. The largest absolute Gasteiger partial charge is 0.302 e. The third-order valence-corrected chi connectivity index (χ3v) is 3.81. The molecular formula is C19H16N6O2. The molecule has 0 saturated carbocycles. The Labute approximate surface area is 154 Å². The van der Waals surface area contributed by atoms with Crippen LogP contribution in [-0.4, -0.2) is 20.7 Å². The molecule has 2 heterocycles. The molecule has 8 heteroatoms. The first-order valence-corrected chi connectivity index (χ1v) is 8.34. The van der Waals surface area contributed by atoms with Crippen LogP contribution < -0.4 is 5.56 Å². The van der Waals surface area contributed by atoms with E-state index in [-0.39, 0.29) is 5.69 Å². The predicted octanol–water partition coefficient (Wildman–Crippen LogP) is 3.50. The van der Waals surface area contributed by atoms with Gasteiger partial charge in [-0.15, -0.1) is 5.11 Å². The number of nitrogens with one attached hydrogen (secondary N) is 1. The average Bonchev–Trinajstić information content (AvgIpc) is 3.02. The van der Waals surface area contributed by atoms with E-state index in [1.165, 1.54) is 6.20 Å². The van der Waals surface area contributed by atoms with Crippen molar-refractivity contribution in [2.24, 2.45) is 10.2 Å². The van der Waals surface area contributed by atoms with Crippen LogP contribution in [0.15, 0.2) is 63.8 Å². The first-order valence-electron chi connectivity index (χ1n) is 8.34. The lowest BCUT2D eigenvalue weighted by molar-refractivity contribution is 0.0940. The molecule has 3 aromatic rings. The quantitative estimate of drug-likeness (QED) is 0.701. The van der Waals surface area contributed by atoms with Crippen LogP contribution in [0.5, 0.6) is 0 Å². The molecule has 0 spiro atoms. The van der Waals surface area contributed by atoms with Crippen molar-refractivity contribution < 1.29 is 4.79 Å². The maximum absolute atomic E-state index is 12.7. The Morgan fingerprint density at radius 2 is 2.04 bits per heavy atom. The van der Waals surface area contributed by atoms with Gasteiger partial charge in [-0.1, -0.05) is 13.3 Å². The number of rotatable bonds is 5. The second-order valence-electron chi connectivity index (χ2n) is 5.74. The summed E-state index contributed by atoms with van der Waals surface area (Å²) in [7, 11) is 0. The number of nitrogens with zero attached hydrogens (tertiary/aromatic N) is 5. The number of carbonyl (C=O) groups is 1. The van der Waals surface area contributed by atoms with Gasteiger partial charge in [0.05, 0.1) is 28.6 Å². The molecule has 0 aliphatic carbocycles. The molecule has 0 fully saturated rings. The summed E-state index contributed by atoms with van der Waals surface area (Å²) in [5.74, 6) is -0.509. The molecule has 0 saturated heterocycles. The summed E-state index contributed by atoms with van der Waals surface area (Å²) in [6.45, 7) is 1.96. The standard InChI is InChI=1S/C19H16N6O2/c1-2-4-16-17(23-22-15-8-6-13(11-20)7-9-15)19(27)25(24-16)18(26)14-5-3-10-21-12-14/h3,5-10,12,24H,2,4H2,1H3. The van der Waals surface area contributed by atoms with Crippen molar-refractivity contribution >= 4 is 17.3 Å². The molecule has 0 aliphatic rings. The van der Waals surface area contributed by atoms with Crippen molar-refractivity contribution in [2.75, 3.05) is 0 Å². The number of hydrogen-bond donors (Lipinski definition) is 1. The Kier molecular flexibility index (Phi) is 5.33. The van der Waals surface area contributed by atoms with Crippen molar-refractivity contribution in [1.29, 1.82) is 5.26 Å². The van der Waals surface area contributed by atoms with Crippen molar-refractivity contribution in [1.82, 2.24) is 14.8 Å². The van der Waals surface area contributed by atoms with E-state index < -0.39 is 11.5 Å². The number of hydrogen-bond acceptors (Lipinski definition) is 6. The van der Waals surface area contributed by atoms with E-state index in [1.54, 1.807) is 42.6 Å². The molecule has 3 rings (SSSR count). The van der Waals surface area contributed by atoms with E-state index in [9.17, 15) is 9.59 Å². The molecule has 0 amide bonds. The number of nitriles is 1. The highest BCUT2D eigenvalue weighted by atomic mass is 16.2. The lowest BCUT2D eigenvalue weighted by Crippen LogP contribution is -2.25. The van der Waals surface area contributed by atoms with Gasteiger partial charge in [0, 0.05) is 12.4 Å². The summed E-state index contributed by atoms with van der Waals surface area (Å²) in [6, 6.07) is 11.7. The van der Waals surface area contributed by atoms with E-state index in [4.69, 9.17) is 5.26 Å². The van der Waals surface area contributed by atoms with Crippen molar-refractivity contribution in [3.63, 3.8) is 0 Å². The molecule has 0 bridgehead atoms. The van der Waals surface area contributed by atoms with Gasteiger partial charge in [-0.05, 0) is 42.8 Å². The predicted molar refractivity (Wildman–Crippen MR) is 98.3 cm³/mol. The van der Waals surface area contributed by atoms with Gasteiger partial charge in [0.1, 0.15) is 0 Å². The minimum atomic E-state index is -0.565. The highest BCUT2D eigenvalue weighted by Crippen LogP contribution is 2.20. The normalized spacial score (nSPS) is 10.8. The third kappa shape index (κ3) is 3.88. The lowest BCUT2D eigenvalue weighted by Gasteiger charge is -1.99. The van der Waals surface area contributed by atoms with E-state index in [2.05, 4.69) is 20.3 Å². The van der Waals surface area contributed by atoms with Crippen molar-refractivity contribution in [3.8, 4) is 6.07 Å². The molecule has 1 aromatic carbocycles. The first-order chi connectivity index (χ1) is 13.1. The molecular weight excluding hydrogens is 344 g/mol. The zero-order chi connectivity index (χ0) is 19.2. The fourth-order valence-electron chi connectivity index (χ4n) is 2.47. The Bertz CT molecular complexity index is 1070. The Morgan fingerprint density at radius 3 is 2.67 bits per heavy atom. The van der Waals surface area contributed by atoms with Crippen LogP contribution in [0.1, 0.15) is 35.0 Å². The number of carbonyl (C=O) groups excluding carboxylic acids is 1. The van der Waals surface area contributed by atoms with Gasteiger partial charge >= 0.3 is 5.56 Å². The van der Waals surface area contributed by atoms with Crippen LogP contribution in [0, 0.1) is 11.3 Å². The SMILES string of the molecule is CCCc1[nH]n(C(=O)c2cccnc2)c(=O)c1N=Nc1ccc(C#N)cc1. The average molecular weight is 360 g/mol. The molecule has 0 atom stereocenters. The second kappa shape index (κ2) is 8.01. The monoisotopic (exact) mass is 360 g/mol. The van der Waals surface area contributed by atoms with E-state index in [1.807, 2.05) is 13.0 Å². The molecule has 0 radical (unpaired) electrons. The Hall–Kier alpha value is -3.86. The number of pyridine rings is 1. The number of H-pyrrole nitrogens is 1. The molecule has 27 heavy (non-hydrogen) atoms. The fraction of sp³-hybridized carbons (Fsp3) is 0.158. The Balaban J connectivity index is 1.98. The lowest BCUT2D eigenvalue weighted by atomic mass is 10.2. The molecule has 1 N–H and O–H groups in total. The highest BCUT2D eigenvalue weighted by molar-refractivity contribution is 5.95. The number of aromatic nitrogens is 3. The maximum Gasteiger partial charge on any atom is 0.302 e. The van der Waals surface area contributed by atoms with Gasteiger partial charge in [-0.25, -0.2) is 0 Å². The van der Waals surface area contributed by atoms with Crippen LogP contribution in [0.3, 0.4) is 0 Å². The van der Waals surface area contributed by atoms with Gasteiger partial charge in [0.2, 0.25) is 0 Å². The summed E-state index contributed by atoms with van der Waals surface area (Å²) in [5.41, 5.74) is 1.37. The van der Waals surface area contributed by atoms with Crippen LogP contribution in [0.4, 0.5) is 11.4 Å². The highest BCUT2D eigenvalue weighted by Gasteiger charge is 2.19. The molecule has 0 unspecified atom stereocenters. The number of aromatic amines is 1. The molecule has 8 nitrogen and oxygen atoms in total. The minimum Gasteiger partial charge on any atom is -0.290 e. The van der Waals surface area contributed by atoms with Crippen LogP contribution in [-0.2, 0) is 6.42 Å². The minimum absolute atomic E-state index is 0.0958. The number of azo groups is 1. The number of aryl methyl sites for hydroxylation is 1. The Morgan fingerprint density at radius 1 is 1.26 bits per heavy atom. The van der Waals surface area contributed by atoms with Gasteiger partial charge in [0.25, 0.3) is 5.91 Å². The fourth-order valence-corrected chi connectivity index (χ4v) is 2.47. The maximum atomic E-state index is 12.7. The zero-order valence-corrected chi connectivity index (χ0v) is 14.6. The molecule has 2 aromatic heterocycles. The van der Waals surface area contributed by atoms with Crippen LogP contribution >= 0.6 is 0 Å². The zero-order valence-electron chi connectivity index (χ0n) is 14.6. The summed E-state index contributed by atoms with van der Waals surface area (Å²) >= 11 is 0. The topological polar surface area (TPSA) is 116 Å².